The van der Waals surface area contributed by atoms with Gasteiger partial charge in [-0.25, -0.2) is 0 Å². The number of ketones is 1. The van der Waals surface area contributed by atoms with Crippen molar-refractivity contribution >= 4 is 70.9 Å². The molecule has 3 aliphatic rings. The average Bonchev–Trinajstić information content (AvgIpc) is 3.68. The summed E-state index contributed by atoms with van der Waals surface area (Å²) in [5.74, 6) is -2.92. The number of carbonyl (C=O) groups excluding carboxylic acids is 1. The number of hydrogen-bond donors (Lipinski definition) is 2. The molecule has 0 aromatic carbocycles. The largest absolute Gasteiger partial charge is 2.00 e. The van der Waals surface area contributed by atoms with Crippen LogP contribution in [0, 0.1) is 31.6 Å². The minimum absolute atomic E-state index is 0. The van der Waals surface area contributed by atoms with Crippen LogP contribution < -0.4 is 36.2 Å². The summed E-state index contributed by atoms with van der Waals surface area (Å²) in [5, 5.41) is 27.7. The van der Waals surface area contributed by atoms with E-state index in [1.165, 1.54) is 0 Å². The molecule has 0 amide bonds. The molecule has 9 heteroatoms. The molecule has 2 N–H and O–H groups in total. The summed E-state index contributed by atoms with van der Waals surface area (Å²) >= 11 is 0. The number of carbonyl (C=O) groups is 2. The minimum Gasteiger partial charge on any atom is -0.681 e. The summed E-state index contributed by atoms with van der Waals surface area (Å²) in [6.45, 7) is 14.0. The van der Waals surface area contributed by atoms with Crippen molar-refractivity contribution in [2.45, 2.75) is 53.5 Å². The third-order valence-electron chi connectivity index (χ3n) is 9.14. The quantitative estimate of drug-likeness (QED) is 0.360. The van der Waals surface area contributed by atoms with E-state index in [4.69, 9.17) is 20.3 Å². The predicted molar refractivity (Wildman–Crippen MR) is 164 cm³/mol. The summed E-state index contributed by atoms with van der Waals surface area (Å²) < 4.78 is 0. The van der Waals surface area contributed by atoms with E-state index in [1.54, 1.807) is 13.0 Å². The van der Waals surface area contributed by atoms with Crippen LogP contribution in [-0.4, -0.2) is 51.1 Å². The van der Waals surface area contributed by atoms with Gasteiger partial charge >= 0.3 is 29.0 Å². The number of hydrogen-bond acceptors (Lipinski definition) is 3. The Hall–Kier alpha value is -3.69. The zero-order valence-electron chi connectivity index (χ0n) is 24.5. The van der Waals surface area contributed by atoms with Crippen molar-refractivity contribution < 1.29 is 19.8 Å². The monoisotopic (exact) mass is 572 g/mol. The molecule has 2 aliphatic heterocycles. The molecule has 5 heterocycles. The second kappa shape index (κ2) is 10.9. The molecule has 8 bridgehead atoms. The number of fused-ring (bicyclic) bond motifs is 8. The van der Waals surface area contributed by atoms with Gasteiger partial charge in [-0.2, -0.15) is 5.70 Å². The maximum Gasteiger partial charge on any atom is 2.00 e. The van der Waals surface area contributed by atoms with Crippen LogP contribution in [0.3, 0.4) is 0 Å². The standard InChI is InChI=1S/C33H32N4O4.Mg/c1-7-17-14(4)21-10-22-15(5)18(8-2)30(36-22)28-29(33(40)41)32(39)27-16(6)23(37-31(27)28)11-25-19(9-3)20(13-38)26(35-25)12-24(17)34-21;/h7,10-13,15,18,29-30H,1,8-9H2,2-6H3,(H,38,39)(H,40,41);/q-4;+2/b22-10+,26-12-;/t15-,18-,29+,30?;/m0./s1. The number of aliphatic hydroxyl groups is 1. The van der Waals surface area contributed by atoms with Crippen molar-refractivity contribution in [2.24, 2.45) is 17.8 Å². The first-order valence-electron chi connectivity index (χ1n) is 14.0. The number of aliphatic carboxylic acids is 1. The van der Waals surface area contributed by atoms with E-state index in [0.717, 1.165) is 40.8 Å². The van der Waals surface area contributed by atoms with Gasteiger partial charge in [-0.15, -0.1) is 33.1 Å². The van der Waals surface area contributed by atoms with Gasteiger partial charge in [-0.05, 0) is 42.9 Å². The van der Waals surface area contributed by atoms with Gasteiger partial charge in [-0.3, -0.25) is 9.59 Å². The first-order chi connectivity index (χ1) is 19.6. The number of nitrogens with zero attached hydrogens (tertiary/aromatic N) is 4. The van der Waals surface area contributed by atoms with Crippen LogP contribution in [0.5, 0.6) is 0 Å². The number of aromatic nitrogens is 3. The number of carboxylic acid groups (broad SMARTS) is 1. The van der Waals surface area contributed by atoms with E-state index in [2.05, 4.69) is 20.4 Å². The summed E-state index contributed by atoms with van der Waals surface area (Å²) in [7, 11) is 0. The van der Waals surface area contributed by atoms with Crippen LogP contribution in [-0.2, 0) is 11.2 Å². The van der Waals surface area contributed by atoms with Crippen molar-refractivity contribution in [3.63, 3.8) is 0 Å². The average molecular weight is 573 g/mol. The van der Waals surface area contributed by atoms with Gasteiger partial charge in [-0.1, -0.05) is 86.4 Å². The molecule has 42 heavy (non-hydrogen) atoms. The molecule has 3 aromatic heterocycles. The Morgan fingerprint density at radius 2 is 1.74 bits per heavy atom. The van der Waals surface area contributed by atoms with Gasteiger partial charge in [0, 0.05) is 5.56 Å². The van der Waals surface area contributed by atoms with E-state index in [1.807, 2.05) is 32.1 Å². The number of Topliss-reactive ketones (excluding diaryl/α,β-unsaturated/α-hetero) is 1. The van der Waals surface area contributed by atoms with E-state index < -0.39 is 23.7 Å². The minimum atomic E-state index is -1.31. The molecule has 0 radical (unpaired) electrons. The third kappa shape index (κ3) is 4.16. The fraction of sp³-hybridized carbons (Fsp3) is 0.333. The van der Waals surface area contributed by atoms with Gasteiger partial charge in [0.05, 0.1) is 6.26 Å². The van der Waals surface area contributed by atoms with Crippen LogP contribution in [0.4, 0.5) is 0 Å². The number of rotatable bonds is 4. The third-order valence-corrected chi connectivity index (χ3v) is 9.14. The molecule has 6 rings (SSSR count). The van der Waals surface area contributed by atoms with Crippen LogP contribution in [0.2, 0.25) is 0 Å². The molecule has 1 aliphatic carbocycles. The molecule has 1 fully saturated rings. The Morgan fingerprint density at radius 1 is 1.02 bits per heavy atom. The molecule has 3 aromatic rings. The van der Waals surface area contributed by atoms with E-state index in [-0.39, 0.29) is 34.9 Å². The Morgan fingerprint density at radius 3 is 2.36 bits per heavy atom. The molecule has 1 saturated heterocycles. The van der Waals surface area contributed by atoms with Gasteiger partial charge in [0.1, 0.15) is 5.92 Å². The normalized spacial score (nSPS) is 25.5. The smallest absolute Gasteiger partial charge is 0.681 e. The van der Waals surface area contributed by atoms with Crippen molar-refractivity contribution in [3.05, 3.63) is 83.8 Å². The number of aliphatic hydroxyl groups excluding tert-OH is 1. The van der Waals surface area contributed by atoms with Crippen LogP contribution in [0.1, 0.15) is 76.9 Å². The molecule has 0 saturated carbocycles. The maximum atomic E-state index is 13.7. The van der Waals surface area contributed by atoms with Crippen LogP contribution in [0.15, 0.2) is 12.3 Å². The van der Waals surface area contributed by atoms with Crippen molar-refractivity contribution in [1.82, 2.24) is 15.0 Å². The molecular formula is C33H32MgN4O4-2. The van der Waals surface area contributed by atoms with Crippen molar-refractivity contribution in [1.29, 1.82) is 0 Å². The zero-order valence-corrected chi connectivity index (χ0v) is 25.9. The molecular weight excluding hydrogens is 541 g/mol. The van der Waals surface area contributed by atoms with Gasteiger partial charge in [0.2, 0.25) is 0 Å². The first-order valence-corrected chi connectivity index (χ1v) is 14.0. The van der Waals surface area contributed by atoms with Gasteiger partial charge < -0.3 is 30.5 Å². The Labute approximate surface area is 259 Å². The second-order valence-corrected chi connectivity index (χ2v) is 11.1. The summed E-state index contributed by atoms with van der Waals surface area (Å²) in [4.78, 5) is 40.9. The number of allylic oxidation sites excluding steroid dienone is 1. The molecule has 212 valence electrons. The van der Waals surface area contributed by atoms with Crippen molar-refractivity contribution in [3.8, 4) is 0 Å². The fourth-order valence-electron chi connectivity index (χ4n) is 6.91. The van der Waals surface area contributed by atoms with E-state index in [0.29, 0.717) is 55.8 Å². The fourth-order valence-corrected chi connectivity index (χ4v) is 6.91. The predicted octanol–water partition coefficient (Wildman–Crippen LogP) is 1.77. The van der Waals surface area contributed by atoms with Crippen LogP contribution in [0.25, 0.3) is 41.5 Å². The first kappa shape index (κ1) is 29.8. The molecule has 8 nitrogen and oxygen atoms in total. The van der Waals surface area contributed by atoms with Gasteiger partial charge in [0.25, 0.3) is 0 Å². The van der Waals surface area contributed by atoms with Crippen LogP contribution >= 0.6 is 0 Å². The Kier molecular flexibility index (Phi) is 7.70. The second-order valence-electron chi connectivity index (χ2n) is 11.1. The topological polar surface area (TPSA) is 131 Å². The van der Waals surface area contributed by atoms with E-state index >= 15 is 0 Å². The van der Waals surface area contributed by atoms with Gasteiger partial charge in [0.15, 0.2) is 5.78 Å². The summed E-state index contributed by atoms with van der Waals surface area (Å²) in [6, 6.07) is -0.492. The SMILES string of the molecule is C=Cc1c2[n-]c(c1C)/C=C1/[N-]C(C3=c4[n-]/c(c(C)c4C(=O)[C@@H]3C(=O)O)=C\c3[n-]c(/c(=C\O)c3CC)=C\2)[C@@H](CC)[C@@H]1C.[Mg+2]. The zero-order chi connectivity index (χ0) is 29.3. The van der Waals surface area contributed by atoms with E-state index in [9.17, 15) is 19.8 Å². The summed E-state index contributed by atoms with van der Waals surface area (Å²) in [5.41, 5.74) is 6.99. The Bertz CT molecular complexity index is 1940. The molecule has 4 atom stereocenters. The Balaban J connectivity index is 0.00000353. The number of carboxylic acids is 1. The maximum absolute atomic E-state index is 13.7. The molecule has 0 spiro atoms. The summed E-state index contributed by atoms with van der Waals surface area (Å²) in [6.07, 6.45) is 9.86. The molecule has 1 unspecified atom stereocenters. The van der Waals surface area contributed by atoms with Crippen molar-refractivity contribution in [2.75, 3.05) is 0 Å².